The van der Waals surface area contributed by atoms with Crippen LogP contribution in [-0.2, 0) is 9.47 Å². The zero-order valence-electron chi connectivity index (χ0n) is 9.95. The summed E-state index contributed by atoms with van der Waals surface area (Å²) in [5, 5.41) is 0. The van der Waals surface area contributed by atoms with Gasteiger partial charge in [0.25, 0.3) is 0 Å². The number of benzene rings is 1. The van der Waals surface area contributed by atoms with Gasteiger partial charge in [0.2, 0.25) is 0 Å². The molecule has 0 fully saturated rings. The molecule has 96 valence electrons. The van der Waals surface area contributed by atoms with Crippen LogP contribution in [0.15, 0.2) is 23.1 Å². The molecule has 0 aliphatic heterocycles. The van der Waals surface area contributed by atoms with E-state index >= 15 is 0 Å². The fourth-order valence-electron chi connectivity index (χ4n) is 1.19. The highest BCUT2D eigenvalue weighted by atomic mass is 32.2. The second-order valence-electron chi connectivity index (χ2n) is 3.49. The molecule has 0 saturated heterocycles. The van der Waals surface area contributed by atoms with E-state index in [1.165, 1.54) is 6.07 Å². The molecule has 0 atom stereocenters. The van der Waals surface area contributed by atoms with E-state index < -0.39 is 0 Å². The number of hydrogen-bond donors (Lipinski definition) is 1. The second kappa shape index (κ2) is 8.33. The highest BCUT2D eigenvalue weighted by molar-refractivity contribution is 7.99. The van der Waals surface area contributed by atoms with E-state index in [0.717, 1.165) is 17.1 Å². The van der Waals surface area contributed by atoms with Crippen molar-refractivity contribution in [1.82, 2.24) is 0 Å². The van der Waals surface area contributed by atoms with Crippen LogP contribution in [0.5, 0.6) is 0 Å². The smallest absolute Gasteiger partial charge is 0.147 e. The summed E-state index contributed by atoms with van der Waals surface area (Å²) in [7, 11) is 1.65. The first-order valence-corrected chi connectivity index (χ1v) is 6.47. The predicted molar refractivity (Wildman–Crippen MR) is 68.8 cm³/mol. The van der Waals surface area contributed by atoms with Crippen molar-refractivity contribution in [1.29, 1.82) is 0 Å². The monoisotopic (exact) mass is 259 g/mol. The number of nitrogen functional groups attached to an aromatic ring is 1. The Balaban J connectivity index is 2.11. The Kier molecular flexibility index (Phi) is 7.00. The van der Waals surface area contributed by atoms with Crippen molar-refractivity contribution in [2.75, 3.05) is 38.4 Å². The van der Waals surface area contributed by atoms with Gasteiger partial charge in [-0.2, -0.15) is 0 Å². The summed E-state index contributed by atoms with van der Waals surface area (Å²) in [6.07, 6.45) is 0.931. The number of rotatable bonds is 8. The van der Waals surface area contributed by atoms with Gasteiger partial charge < -0.3 is 15.2 Å². The summed E-state index contributed by atoms with van der Waals surface area (Å²) in [6.45, 7) is 1.95. The standard InChI is InChI=1S/C12H18FNO2S/c1-15-6-7-16-5-2-8-17-10-3-4-12(14)11(13)9-10/h3-4,9H,2,5-8,14H2,1H3. The second-order valence-corrected chi connectivity index (χ2v) is 4.66. The Hall–Kier alpha value is -0.780. The molecule has 0 unspecified atom stereocenters. The Morgan fingerprint density at radius 1 is 1.29 bits per heavy atom. The summed E-state index contributed by atoms with van der Waals surface area (Å²) in [6, 6.07) is 4.88. The van der Waals surface area contributed by atoms with Crippen molar-refractivity contribution in [2.24, 2.45) is 0 Å². The van der Waals surface area contributed by atoms with Gasteiger partial charge >= 0.3 is 0 Å². The SMILES string of the molecule is COCCOCCCSc1ccc(N)c(F)c1. The van der Waals surface area contributed by atoms with Crippen LogP contribution in [-0.4, -0.2) is 32.7 Å². The lowest BCUT2D eigenvalue weighted by molar-refractivity contribution is 0.0713. The van der Waals surface area contributed by atoms with Crippen molar-refractivity contribution in [2.45, 2.75) is 11.3 Å². The van der Waals surface area contributed by atoms with Gasteiger partial charge in [-0.05, 0) is 24.6 Å². The first-order valence-electron chi connectivity index (χ1n) is 5.48. The van der Waals surface area contributed by atoms with Gasteiger partial charge in [-0.25, -0.2) is 4.39 Å². The number of hydrogen-bond acceptors (Lipinski definition) is 4. The van der Waals surface area contributed by atoms with Crippen LogP contribution in [0.4, 0.5) is 10.1 Å². The number of ether oxygens (including phenoxy) is 2. The fourth-order valence-corrected chi connectivity index (χ4v) is 2.04. The largest absolute Gasteiger partial charge is 0.396 e. The molecule has 17 heavy (non-hydrogen) atoms. The number of methoxy groups -OCH3 is 1. The molecule has 0 spiro atoms. The molecule has 0 aliphatic rings. The van der Waals surface area contributed by atoms with E-state index in [0.29, 0.717) is 19.8 Å². The number of anilines is 1. The Morgan fingerprint density at radius 2 is 2.12 bits per heavy atom. The maximum absolute atomic E-state index is 13.1. The van der Waals surface area contributed by atoms with Gasteiger partial charge in [-0.15, -0.1) is 11.8 Å². The third kappa shape index (κ3) is 5.91. The number of thioether (sulfide) groups is 1. The van der Waals surface area contributed by atoms with E-state index in [-0.39, 0.29) is 11.5 Å². The van der Waals surface area contributed by atoms with Gasteiger partial charge in [-0.3, -0.25) is 0 Å². The minimum atomic E-state index is -0.355. The fraction of sp³-hybridized carbons (Fsp3) is 0.500. The van der Waals surface area contributed by atoms with Crippen molar-refractivity contribution in [3.8, 4) is 0 Å². The van der Waals surface area contributed by atoms with Crippen LogP contribution in [0.3, 0.4) is 0 Å². The lowest BCUT2D eigenvalue weighted by Gasteiger charge is -2.04. The van der Waals surface area contributed by atoms with E-state index in [4.69, 9.17) is 15.2 Å². The lowest BCUT2D eigenvalue weighted by Crippen LogP contribution is -2.03. The average Bonchev–Trinajstić information content (AvgIpc) is 2.32. The first kappa shape index (κ1) is 14.3. The van der Waals surface area contributed by atoms with Crippen LogP contribution < -0.4 is 5.73 Å². The molecular formula is C12H18FNO2S. The molecule has 0 heterocycles. The Labute approximate surface area is 105 Å². The van der Waals surface area contributed by atoms with Crippen molar-refractivity contribution in [3.05, 3.63) is 24.0 Å². The normalized spacial score (nSPS) is 10.7. The van der Waals surface area contributed by atoms with Crippen LogP contribution in [0.25, 0.3) is 0 Å². The molecule has 0 aromatic heterocycles. The lowest BCUT2D eigenvalue weighted by atomic mass is 10.3. The number of nitrogens with two attached hydrogens (primary N) is 1. The minimum absolute atomic E-state index is 0.192. The summed E-state index contributed by atoms with van der Waals surface area (Å²) < 4.78 is 23.3. The maximum atomic E-state index is 13.1. The van der Waals surface area contributed by atoms with E-state index in [9.17, 15) is 4.39 Å². The molecule has 1 aromatic carbocycles. The van der Waals surface area contributed by atoms with Crippen LogP contribution in [0.1, 0.15) is 6.42 Å². The highest BCUT2D eigenvalue weighted by Crippen LogP contribution is 2.22. The molecule has 2 N–H and O–H groups in total. The van der Waals surface area contributed by atoms with Crippen molar-refractivity contribution < 1.29 is 13.9 Å². The average molecular weight is 259 g/mol. The molecule has 5 heteroatoms. The summed E-state index contributed by atoms with van der Waals surface area (Å²) in [4.78, 5) is 0.897. The molecule has 0 bridgehead atoms. The topological polar surface area (TPSA) is 44.5 Å². The molecule has 0 amide bonds. The summed E-state index contributed by atoms with van der Waals surface area (Å²) >= 11 is 1.60. The quantitative estimate of drug-likeness (QED) is 0.443. The Bertz CT molecular complexity index is 336. The first-order chi connectivity index (χ1) is 8.24. The third-order valence-electron chi connectivity index (χ3n) is 2.11. The van der Waals surface area contributed by atoms with Gasteiger partial charge in [0.05, 0.1) is 18.9 Å². The van der Waals surface area contributed by atoms with Gasteiger partial charge in [-0.1, -0.05) is 0 Å². The van der Waals surface area contributed by atoms with Crippen molar-refractivity contribution >= 4 is 17.4 Å². The number of halogens is 1. The molecule has 0 aliphatic carbocycles. The molecular weight excluding hydrogens is 241 g/mol. The molecule has 1 rings (SSSR count). The minimum Gasteiger partial charge on any atom is -0.396 e. The predicted octanol–water partition coefficient (Wildman–Crippen LogP) is 2.55. The van der Waals surface area contributed by atoms with Crippen LogP contribution in [0, 0.1) is 5.82 Å². The maximum Gasteiger partial charge on any atom is 0.147 e. The Morgan fingerprint density at radius 3 is 2.82 bits per heavy atom. The van der Waals surface area contributed by atoms with Gasteiger partial charge in [0.1, 0.15) is 5.82 Å². The summed E-state index contributed by atoms with van der Waals surface area (Å²) in [5.41, 5.74) is 5.59. The van der Waals surface area contributed by atoms with Crippen LogP contribution in [0.2, 0.25) is 0 Å². The van der Waals surface area contributed by atoms with E-state index in [2.05, 4.69) is 0 Å². The van der Waals surface area contributed by atoms with E-state index in [1.807, 2.05) is 6.07 Å². The zero-order chi connectivity index (χ0) is 12.5. The highest BCUT2D eigenvalue weighted by Gasteiger charge is 2.00. The van der Waals surface area contributed by atoms with Gasteiger partial charge in [0.15, 0.2) is 0 Å². The molecule has 0 saturated carbocycles. The molecule has 1 aromatic rings. The van der Waals surface area contributed by atoms with E-state index in [1.54, 1.807) is 24.9 Å². The molecule has 3 nitrogen and oxygen atoms in total. The third-order valence-corrected chi connectivity index (χ3v) is 3.19. The van der Waals surface area contributed by atoms with Gasteiger partial charge in [0, 0.05) is 24.4 Å². The molecule has 0 radical (unpaired) electrons. The van der Waals surface area contributed by atoms with Crippen molar-refractivity contribution in [3.63, 3.8) is 0 Å². The zero-order valence-corrected chi connectivity index (χ0v) is 10.8. The van der Waals surface area contributed by atoms with Crippen LogP contribution >= 0.6 is 11.8 Å². The summed E-state index contributed by atoms with van der Waals surface area (Å²) in [5.74, 6) is 0.544.